The van der Waals surface area contributed by atoms with Crippen molar-refractivity contribution in [3.8, 4) is 5.75 Å². The van der Waals surface area contributed by atoms with E-state index in [1.165, 1.54) is 28.9 Å². The first-order chi connectivity index (χ1) is 15.3. The Bertz CT molecular complexity index is 1290. The number of nitrogens with one attached hydrogen (secondary N) is 1. The Morgan fingerprint density at radius 3 is 2.53 bits per heavy atom. The summed E-state index contributed by atoms with van der Waals surface area (Å²) < 4.78 is 21.6. The van der Waals surface area contributed by atoms with Crippen LogP contribution in [0.5, 0.6) is 5.75 Å². The molecule has 0 spiro atoms. The number of halogens is 2. The molecule has 32 heavy (non-hydrogen) atoms. The summed E-state index contributed by atoms with van der Waals surface area (Å²) in [6, 6.07) is 8.79. The van der Waals surface area contributed by atoms with Crippen molar-refractivity contribution in [2.75, 3.05) is 12.5 Å². The number of β-lactam (4-membered cyclic amide) rings is 1. The minimum atomic E-state index is -1.39. The summed E-state index contributed by atoms with van der Waals surface area (Å²) in [6.45, 7) is 2.12. The number of hydrogen-bond donors (Lipinski definition) is 2. The first-order valence-corrected chi connectivity index (χ1v) is 10.2. The standard InChI is InChI=1S/C22H19ClFN3O5/c1-3-26-10-14(22(30)31)20(28)13-8-15(24)16(9-17(13)26)25-27-19(18(23)21(27)29)11-4-6-12(32-2)7-5-11/h4-10,18-19,25H,3H2,1-2H3,(H,30,31)/t18-,19-/m1/s1. The van der Waals surface area contributed by atoms with Gasteiger partial charge in [-0.25, -0.2) is 14.2 Å². The minimum absolute atomic E-state index is 0.0439. The number of pyridine rings is 1. The van der Waals surface area contributed by atoms with E-state index in [9.17, 15) is 23.9 Å². The van der Waals surface area contributed by atoms with Gasteiger partial charge in [0.05, 0.1) is 18.3 Å². The van der Waals surface area contributed by atoms with Crippen LogP contribution in [-0.4, -0.2) is 39.0 Å². The number of alkyl halides is 1. The van der Waals surface area contributed by atoms with E-state index in [-0.39, 0.29) is 11.1 Å². The molecule has 1 aromatic heterocycles. The van der Waals surface area contributed by atoms with Gasteiger partial charge in [0.1, 0.15) is 28.5 Å². The summed E-state index contributed by atoms with van der Waals surface area (Å²) >= 11 is 6.23. The summed E-state index contributed by atoms with van der Waals surface area (Å²) in [6.07, 6.45) is 1.22. The number of carboxylic acids is 1. The van der Waals surface area contributed by atoms with Crippen molar-refractivity contribution >= 4 is 40.1 Å². The van der Waals surface area contributed by atoms with Crippen LogP contribution < -0.4 is 15.6 Å². The maximum atomic E-state index is 14.9. The molecule has 10 heteroatoms. The lowest BCUT2D eigenvalue weighted by atomic mass is 9.95. The van der Waals surface area contributed by atoms with E-state index < -0.39 is 40.1 Å². The molecule has 2 aromatic carbocycles. The van der Waals surface area contributed by atoms with Crippen LogP contribution in [0.15, 0.2) is 47.4 Å². The number of aromatic nitrogens is 1. The molecule has 2 heterocycles. The van der Waals surface area contributed by atoms with Crippen molar-refractivity contribution in [2.45, 2.75) is 24.9 Å². The minimum Gasteiger partial charge on any atom is -0.497 e. The van der Waals surface area contributed by atoms with Crippen molar-refractivity contribution in [3.63, 3.8) is 0 Å². The molecule has 8 nitrogen and oxygen atoms in total. The van der Waals surface area contributed by atoms with Gasteiger partial charge in [0.2, 0.25) is 5.43 Å². The molecule has 0 bridgehead atoms. The second-order valence-corrected chi connectivity index (χ2v) is 7.72. The van der Waals surface area contributed by atoms with Gasteiger partial charge in [-0.3, -0.25) is 15.0 Å². The predicted octanol–water partition coefficient (Wildman–Crippen LogP) is 3.39. The molecule has 0 unspecified atom stereocenters. The van der Waals surface area contributed by atoms with E-state index >= 15 is 0 Å². The van der Waals surface area contributed by atoms with Crippen molar-refractivity contribution < 1.29 is 23.8 Å². The van der Waals surface area contributed by atoms with Gasteiger partial charge in [0.15, 0.2) is 0 Å². The maximum absolute atomic E-state index is 14.9. The van der Waals surface area contributed by atoms with Crippen LogP contribution in [0.1, 0.15) is 28.9 Å². The Kier molecular flexibility index (Phi) is 5.52. The zero-order chi connectivity index (χ0) is 23.2. The number of aromatic carboxylic acids is 1. The van der Waals surface area contributed by atoms with Gasteiger partial charge in [0, 0.05) is 18.1 Å². The van der Waals surface area contributed by atoms with Crippen molar-refractivity contribution in [2.24, 2.45) is 0 Å². The number of hydrazine groups is 1. The van der Waals surface area contributed by atoms with Gasteiger partial charge in [-0.2, -0.15) is 0 Å². The lowest BCUT2D eigenvalue weighted by molar-refractivity contribution is -0.143. The Balaban J connectivity index is 1.73. The predicted molar refractivity (Wildman–Crippen MR) is 117 cm³/mol. The Morgan fingerprint density at radius 2 is 1.94 bits per heavy atom. The lowest BCUT2D eigenvalue weighted by Gasteiger charge is -2.44. The first-order valence-electron chi connectivity index (χ1n) is 9.74. The van der Waals surface area contributed by atoms with E-state index in [4.69, 9.17) is 16.3 Å². The number of amides is 1. The highest BCUT2D eigenvalue weighted by atomic mass is 35.5. The van der Waals surface area contributed by atoms with Gasteiger partial charge < -0.3 is 14.4 Å². The summed E-state index contributed by atoms with van der Waals surface area (Å²) in [5, 5.41) is 9.60. The van der Waals surface area contributed by atoms with Crippen LogP contribution in [0.25, 0.3) is 10.9 Å². The summed E-state index contributed by atoms with van der Waals surface area (Å²) in [5.41, 5.74) is 2.57. The number of carbonyl (C=O) groups is 2. The number of rotatable bonds is 6. The molecule has 1 fully saturated rings. The molecule has 1 saturated heterocycles. The number of nitrogens with zero attached hydrogens (tertiary/aromatic N) is 2. The molecular formula is C22H19ClFN3O5. The normalized spacial score (nSPS) is 17.9. The molecule has 3 aromatic rings. The second kappa shape index (κ2) is 8.16. The van der Waals surface area contributed by atoms with E-state index in [0.717, 1.165) is 11.6 Å². The number of ether oxygens (including phenoxy) is 1. The van der Waals surface area contributed by atoms with E-state index in [2.05, 4.69) is 5.43 Å². The fraction of sp³-hybridized carbons (Fsp3) is 0.227. The lowest BCUT2D eigenvalue weighted by Crippen LogP contribution is -2.58. The Hall–Kier alpha value is -3.59. The summed E-state index contributed by atoms with van der Waals surface area (Å²) in [7, 11) is 1.54. The molecule has 1 aliphatic rings. The largest absolute Gasteiger partial charge is 0.497 e. The van der Waals surface area contributed by atoms with E-state index in [1.807, 2.05) is 0 Å². The SMILES string of the molecule is CCn1cc(C(=O)O)c(=O)c2cc(F)c(NN3C(=O)[C@H](Cl)[C@H]3c3ccc(OC)cc3)cc21. The van der Waals surface area contributed by atoms with E-state index in [1.54, 1.807) is 31.2 Å². The van der Waals surface area contributed by atoms with Crippen LogP contribution in [0, 0.1) is 5.82 Å². The third-order valence-electron chi connectivity index (χ3n) is 5.47. The van der Waals surface area contributed by atoms with Crippen LogP contribution in [-0.2, 0) is 11.3 Å². The average Bonchev–Trinajstić information content (AvgIpc) is 2.79. The highest BCUT2D eigenvalue weighted by Gasteiger charge is 2.48. The second-order valence-electron chi connectivity index (χ2n) is 7.25. The van der Waals surface area contributed by atoms with Crippen LogP contribution >= 0.6 is 11.6 Å². The quantitative estimate of drug-likeness (QED) is 0.433. The van der Waals surface area contributed by atoms with Gasteiger partial charge in [-0.05, 0) is 36.8 Å². The Morgan fingerprint density at radius 1 is 1.25 bits per heavy atom. The molecule has 2 atom stereocenters. The zero-order valence-corrected chi connectivity index (χ0v) is 17.9. The highest BCUT2D eigenvalue weighted by Crippen LogP contribution is 2.39. The average molecular weight is 460 g/mol. The highest BCUT2D eigenvalue weighted by molar-refractivity contribution is 6.33. The van der Waals surface area contributed by atoms with E-state index in [0.29, 0.717) is 17.8 Å². The summed E-state index contributed by atoms with van der Waals surface area (Å²) in [5.74, 6) is -1.98. The third kappa shape index (κ3) is 3.44. The molecule has 0 radical (unpaired) electrons. The molecule has 166 valence electrons. The van der Waals surface area contributed by atoms with Gasteiger partial charge >= 0.3 is 5.97 Å². The number of carbonyl (C=O) groups excluding carboxylic acids is 1. The number of aryl methyl sites for hydroxylation is 1. The molecular weight excluding hydrogens is 441 g/mol. The molecule has 4 rings (SSSR count). The number of methoxy groups -OCH3 is 1. The Labute approximate surface area is 186 Å². The number of hydrogen-bond acceptors (Lipinski definition) is 5. The number of benzene rings is 2. The first kappa shape index (κ1) is 21.6. The van der Waals surface area contributed by atoms with Crippen LogP contribution in [0.2, 0.25) is 0 Å². The van der Waals surface area contributed by atoms with Gasteiger partial charge in [-0.1, -0.05) is 12.1 Å². The van der Waals surface area contributed by atoms with Gasteiger partial charge in [0.25, 0.3) is 5.91 Å². The number of anilines is 1. The molecule has 1 aliphatic heterocycles. The fourth-order valence-electron chi connectivity index (χ4n) is 3.74. The van der Waals surface area contributed by atoms with Crippen molar-refractivity contribution in [1.82, 2.24) is 9.58 Å². The van der Waals surface area contributed by atoms with Crippen molar-refractivity contribution in [3.05, 3.63) is 69.8 Å². The molecule has 0 saturated carbocycles. The van der Waals surface area contributed by atoms with Crippen LogP contribution in [0.4, 0.5) is 10.1 Å². The third-order valence-corrected chi connectivity index (χ3v) is 5.89. The fourth-order valence-corrected chi connectivity index (χ4v) is 4.10. The zero-order valence-electron chi connectivity index (χ0n) is 17.1. The molecule has 1 amide bonds. The smallest absolute Gasteiger partial charge is 0.341 e. The maximum Gasteiger partial charge on any atom is 0.341 e. The monoisotopic (exact) mass is 459 g/mol. The van der Waals surface area contributed by atoms with Gasteiger partial charge in [-0.15, -0.1) is 11.6 Å². The number of carboxylic acid groups (broad SMARTS) is 1. The van der Waals surface area contributed by atoms with Crippen molar-refractivity contribution in [1.29, 1.82) is 0 Å². The molecule has 0 aliphatic carbocycles. The number of fused-ring (bicyclic) bond motifs is 1. The van der Waals surface area contributed by atoms with Crippen LogP contribution in [0.3, 0.4) is 0 Å². The summed E-state index contributed by atoms with van der Waals surface area (Å²) in [4.78, 5) is 36.3. The topological polar surface area (TPSA) is 101 Å². The molecule has 2 N–H and O–H groups in total.